The first-order valence-electron chi connectivity index (χ1n) is 5.53. The van der Waals surface area contributed by atoms with Crippen molar-refractivity contribution in [2.75, 3.05) is 18.5 Å². The van der Waals surface area contributed by atoms with Gasteiger partial charge in [0.15, 0.2) is 0 Å². The fourth-order valence-corrected chi connectivity index (χ4v) is 1.38. The van der Waals surface area contributed by atoms with Crippen LogP contribution in [0.2, 0.25) is 5.15 Å². The zero-order valence-electron chi connectivity index (χ0n) is 10.5. The van der Waals surface area contributed by atoms with Crippen LogP contribution in [0.15, 0.2) is 0 Å². The number of aliphatic hydroxyl groups excluding tert-OH is 1. The maximum atomic E-state index is 12.9. The molecule has 0 aliphatic carbocycles. The minimum atomic E-state index is -3.19. The lowest BCUT2D eigenvalue weighted by Crippen LogP contribution is -2.31. The molecular weight excluding hydrogens is 264 g/mol. The molecule has 0 radical (unpaired) electrons. The predicted octanol–water partition coefficient (Wildman–Crippen LogP) is 2.60. The number of aromatic nitrogens is 2. The maximum Gasteiger partial charge on any atom is 0.287 e. The Hall–Kier alpha value is -1.01. The smallest absolute Gasteiger partial charge is 0.287 e. The number of anilines is 1. The van der Waals surface area contributed by atoms with Gasteiger partial charge in [-0.25, -0.2) is 18.7 Å². The molecule has 2 N–H and O–H groups in total. The van der Waals surface area contributed by atoms with Crippen molar-refractivity contribution < 1.29 is 13.9 Å². The van der Waals surface area contributed by atoms with E-state index in [2.05, 4.69) is 15.3 Å². The first-order chi connectivity index (χ1) is 8.26. The van der Waals surface area contributed by atoms with E-state index in [9.17, 15) is 8.78 Å². The fraction of sp³-hybridized carbons (Fsp3) is 0.636. The Kier molecular flexibility index (Phi) is 4.81. The van der Waals surface area contributed by atoms with E-state index in [1.807, 2.05) is 13.8 Å². The van der Waals surface area contributed by atoms with Gasteiger partial charge >= 0.3 is 0 Å². The second-order valence-electron chi connectivity index (χ2n) is 4.37. The van der Waals surface area contributed by atoms with Crippen molar-refractivity contribution in [2.45, 2.75) is 32.6 Å². The Balaban J connectivity index is 2.94. The zero-order valence-corrected chi connectivity index (χ0v) is 11.2. The molecule has 18 heavy (non-hydrogen) atoms. The molecule has 0 atom stereocenters. The number of aliphatic hydroxyl groups is 1. The number of nitrogens with zero attached hydrogens (tertiary/aromatic N) is 2. The highest BCUT2D eigenvalue weighted by molar-refractivity contribution is 6.30. The van der Waals surface area contributed by atoms with Gasteiger partial charge in [0.1, 0.15) is 23.4 Å². The lowest BCUT2D eigenvalue weighted by Gasteiger charge is -2.17. The van der Waals surface area contributed by atoms with Gasteiger partial charge in [0.05, 0.1) is 6.54 Å². The molecule has 0 spiro atoms. The van der Waals surface area contributed by atoms with E-state index in [1.54, 1.807) is 6.92 Å². The Bertz CT molecular complexity index is 427. The fourth-order valence-electron chi connectivity index (χ4n) is 1.20. The molecule has 0 aromatic carbocycles. The Morgan fingerprint density at radius 1 is 1.39 bits per heavy atom. The minimum absolute atomic E-state index is 0.0435. The van der Waals surface area contributed by atoms with Gasteiger partial charge in [-0.05, 0) is 6.92 Å². The number of hydrogen-bond donors (Lipinski definition) is 2. The third kappa shape index (κ3) is 3.74. The summed E-state index contributed by atoms with van der Waals surface area (Å²) in [5.74, 6) is -2.39. The Morgan fingerprint density at radius 3 is 2.50 bits per heavy atom. The molecule has 1 rings (SSSR count). The molecule has 0 saturated heterocycles. The second-order valence-corrected chi connectivity index (χ2v) is 4.73. The van der Waals surface area contributed by atoms with Crippen molar-refractivity contribution in [1.82, 2.24) is 9.97 Å². The summed E-state index contributed by atoms with van der Waals surface area (Å²) in [6, 6.07) is 0. The third-order valence-electron chi connectivity index (χ3n) is 2.37. The van der Waals surface area contributed by atoms with E-state index < -0.39 is 19.1 Å². The van der Waals surface area contributed by atoms with Crippen LogP contribution in [-0.4, -0.2) is 34.1 Å². The van der Waals surface area contributed by atoms with Crippen LogP contribution in [0.25, 0.3) is 0 Å². The number of halogens is 3. The Labute approximate surface area is 109 Å². The molecule has 1 aromatic rings. The van der Waals surface area contributed by atoms with E-state index in [0.717, 1.165) is 0 Å². The molecule has 0 bridgehead atoms. The average molecular weight is 280 g/mol. The summed E-state index contributed by atoms with van der Waals surface area (Å²) in [5, 5.41) is 11.2. The van der Waals surface area contributed by atoms with Gasteiger partial charge in [-0.2, -0.15) is 0 Å². The molecule has 0 unspecified atom stereocenters. The Morgan fingerprint density at radius 2 is 2.00 bits per heavy atom. The van der Waals surface area contributed by atoms with Crippen LogP contribution >= 0.6 is 11.6 Å². The highest BCUT2D eigenvalue weighted by Gasteiger charge is 2.28. The van der Waals surface area contributed by atoms with Crippen molar-refractivity contribution in [3.05, 3.63) is 16.5 Å². The van der Waals surface area contributed by atoms with Gasteiger partial charge in [0.25, 0.3) is 5.92 Å². The van der Waals surface area contributed by atoms with Crippen LogP contribution < -0.4 is 5.32 Å². The summed E-state index contributed by atoms with van der Waals surface area (Å²) in [6.45, 7) is 3.50. The van der Waals surface area contributed by atoms with Crippen molar-refractivity contribution in [2.24, 2.45) is 0 Å². The normalized spacial score (nSPS) is 12.0. The first kappa shape index (κ1) is 15.0. The molecule has 0 fully saturated rings. The van der Waals surface area contributed by atoms with E-state index >= 15 is 0 Å². The van der Waals surface area contributed by atoms with Gasteiger partial charge in [0, 0.05) is 11.5 Å². The second kappa shape index (κ2) is 5.75. The summed E-state index contributed by atoms with van der Waals surface area (Å²) in [7, 11) is 0. The SMILES string of the molecule is Cc1c(Cl)nc(C(C)C)nc1NCC(F)(F)CO. The highest BCUT2D eigenvalue weighted by Crippen LogP contribution is 2.24. The van der Waals surface area contributed by atoms with Gasteiger partial charge in [-0.1, -0.05) is 25.4 Å². The van der Waals surface area contributed by atoms with Crippen molar-refractivity contribution in [3.63, 3.8) is 0 Å². The molecule has 4 nitrogen and oxygen atoms in total. The van der Waals surface area contributed by atoms with E-state index in [0.29, 0.717) is 11.4 Å². The summed E-state index contributed by atoms with van der Waals surface area (Å²) >= 11 is 5.92. The summed E-state index contributed by atoms with van der Waals surface area (Å²) in [4.78, 5) is 8.22. The predicted molar refractivity (Wildman–Crippen MR) is 66.4 cm³/mol. The minimum Gasteiger partial charge on any atom is -0.390 e. The first-order valence-corrected chi connectivity index (χ1v) is 5.91. The lowest BCUT2D eigenvalue weighted by molar-refractivity contribution is -0.0373. The maximum absolute atomic E-state index is 12.9. The standard InChI is InChI=1S/C11H16ClF2N3O/c1-6(2)9-16-8(12)7(3)10(17-9)15-4-11(13,14)5-18/h6,18H,4-5H2,1-3H3,(H,15,16,17). The van der Waals surface area contributed by atoms with Crippen LogP contribution in [0.4, 0.5) is 14.6 Å². The summed E-state index contributed by atoms with van der Waals surface area (Å²) in [5.41, 5.74) is 0.509. The summed E-state index contributed by atoms with van der Waals surface area (Å²) in [6.07, 6.45) is 0. The average Bonchev–Trinajstić information content (AvgIpc) is 2.30. The van der Waals surface area contributed by atoms with Crippen LogP contribution in [0.1, 0.15) is 31.2 Å². The lowest BCUT2D eigenvalue weighted by atomic mass is 10.2. The van der Waals surface area contributed by atoms with E-state index in [-0.39, 0.29) is 16.9 Å². The molecule has 1 aromatic heterocycles. The number of rotatable bonds is 5. The summed E-state index contributed by atoms with van der Waals surface area (Å²) < 4.78 is 25.9. The van der Waals surface area contributed by atoms with Gasteiger partial charge in [0.2, 0.25) is 0 Å². The van der Waals surface area contributed by atoms with Gasteiger partial charge in [-0.3, -0.25) is 0 Å². The number of hydrogen-bond acceptors (Lipinski definition) is 4. The quantitative estimate of drug-likeness (QED) is 0.814. The third-order valence-corrected chi connectivity index (χ3v) is 2.73. The van der Waals surface area contributed by atoms with E-state index in [1.165, 1.54) is 0 Å². The van der Waals surface area contributed by atoms with Gasteiger partial charge < -0.3 is 10.4 Å². The van der Waals surface area contributed by atoms with Crippen LogP contribution in [0, 0.1) is 6.92 Å². The molecule has 0 aliphatic heterocycles. The van der Waals surface area contributed by atoms with Crippen molar-refractivity contribution in [1.29, 1.82) is 0 Å². The van der Waals surface area contributed by atoms with Crippen LogP contribution in [0.5, 0.6) is 0 Å². The van der Waals surface area contributed by atoms with Gasteiger partial charge in [-0.15, -0.1) is 0 Å². The number of nitrogens with one attached hydrogen (secondary N) is 1. The highest BCUT2D eigenvalue weighted by atomic mass is 35.5. The van der Waals surface area contributed by atoms with E-state index in [4.69, 9.17) is 16.7 Å². The monoisotopic (exact) mass is 279 g/mol. The van der Waals surface area contributed by atoms with Crippen LogP contribution in [0.3, 0.4) is 0 Å². The largest absolute Gasteiger partial charge is 0.390 e. The molecule has 102 valence electrons. The van der Waals surface area contributed by atoms with Crippen molar-refractivity contribution in [3.8, 4) is 0 Å². The molecule has 0 aliphatic rings. The molecule has 0 amide bonds. The topological polar surface area (TPSA) is 58.0 Å². The molecule has 7 heteroatoms. The zero-order chi connectivity index (χ0) is 13.9. The van der Waals surface area contributed by atoms with Crippen molar-refractivity contribution >= 4 is 17.4 Å². The number of alkyl halides is 2. The molecule has 1 heterocycles. The molecule has 0 saturated carbocycles. The molecular formula is C11H16ClF2N3O. The van der Waals surface area contributed by atoms with Crippen LogP contribution in [-0.2, 0) is 0 Å².